The molecule has 3 heterocycles. The molecule has 1 aliphatic carbocycles. The topological polar surface area (TPSA) is 84.3 Å². The van der Waals surface area contributed by atoms with Crippen LogP contribution in [0.3, 0.4) is 0 Å². The number of fused-ring (bicyclic) bond motifs is 3. The van der Waals surface area contributed by atoms with Gasteiger partial charge in [-0.15, -0.1) is 0 Å². The third-order valence-corrected chi connectivity index (χ3v) is 7.69. The minimum atomic E-state index is -5.07. The van der Waals surface area contributed by atoms with Crippen molar-refractivity contribution in [1.82, 2.24) is 19.8 Å². The first-order chi connectivity index (χ1) is 16.0. The quantitative estimate of drug-likeness (QED) is 0.738. The number of amides is 2. The zero-order valence-electron chi connectivity index (χ0n) is 19.2. The predicted molar refractivity (Wildman–Crippen MR) is 117 cm³/mol. The molecule has 0 spiro atoms. The lowest BCUT2D eigenvalue weighted by Gasteiger charge is -2.34. The average molecular weight is 476 g/mol. The highest BCUT2D eigenvalue weighted by atomic mass is 19.4. The number of aryl methyl sites for hydroxylation is 2. The van der Waals surface area contributed by atoms with Crippen LogP contribution in [0.2, 0.25) is 0 Å². The molecule has 2 aromatic rings. The Morgan fingerprint density at radius 3 is 2.44 bits per heavy atom. The fraction of sp³-hybridized carbons (Fsp3) is 0.583. The molecule has 7 nitrogen and oxygen atoms in total. The smallest absolute Gasteiger partial charge is 0.342 e. The van der Waals surface area contributed by atoms with Crippen LogP contribution in [0.25, 0.3) is 11.0 Å². The molecule has 0 bridgehead atoms. The van der Waals surface area contributed by atoms with Crippen LogP contribution in [0.15, 0.2) is 12.1 Å². The summed E-state index contributed by atoms with van der Waals surface area (Å²) in [5, 5.41) is 2.09. The molecule has 2 fully saturated rings. The van der Waals surface area contributed by atoms with Gasteiger partial charge in [0, 0.05) is 19.0 Å². The summed E-state index contributed by atoms with van der Waals surface area (Å²) in [6.45, 7) is 4.01. The Bertz CT molecular complexity index is 1200. The number of hydrogen-bond donors (Lipinski definition) is 1. The van der Waals surface area contributed by atoms with E-state index in [0.717, 1.165) is 41.4 Å². The maximum Gasteiger partial charge on any atom is 0.438 e. The second kappa shape index (κ2) is 7.81. The lowest BCUT2D eigenvalue weighted by Crippen LogP contribution is -2.63. The van der Waals surface area contributed by atoms with Crippen LogP contribution in [0.4, 0.5) is 13.2 Å². The van der Waals surface area contributed by atoms with Gasteiger partial charge in [-0.05, 0) is 56.4 Å². The second-order valence-electron chi connectivity index (χ2n) is 9.84. The normalized spacial score (nSPS) is 25.4. The minimum Gasteiger partial charge on any atom is -0.342 e. The average Bonchev–Trinajstić information content (AvgIpc) is 3.53. The number of nitrogens with zero attached hydrogens (tertiary/aromatic N) is 3. The van der Waals surface area contributed by atoms with E-state index in [4.69, 9.17) is 0 Å². The number of likely N-dealkylation sites (tertiary alicyclic amines) is 1. The number of halogens is 3. The van der Waals surface area contributed by atoms with Gasteiger partial charge >= 0.3 is 6.18 Å². The van der Waals surface area contributed by atoms with Gasteiger partial charge in [0.25, 0.3) is 5.66 Å². The number of ketones is 1. The maximum atomic E-state index is 14.6. The molecule has 0 radical (unpaired) electrons. The Labute approximate surface area is 194 Å². The number of aromatic nitrogens is 2. The fourth-order valence-electron chi connectivity index (χ4n) is 5.64. The first-order valence-electron chi connectivity index (χ1n) is 11.7. The van der Waals surface area contributed by atoms with Crippen LogP contribution in [0.5, 0.6) is 0 Å². The Kier molecular flexibility index (Phi) is 5.25. The Morgan fingerprint density at radius 2 is 1.76 bits per heavy atom. The second-order valence-corrected chi connectivity index (χ2v) is 9.84. The number of carbonyl (C=O) groups is 3. The van der Waals surface area contributed by atoms with Gasteiger partial charge in [-0.1, -0.05) is 12.8 Å². The molecule has 2 amide bonds. The summed E-state index contributed by atoms with van der Waals surface area (Å²) in [7, 11) is 0. The Balaban J connectivity index is 1.47. The summed E-state index contributed by atoms with van der Waals surface area (Å²) in [5.41, 5.74) is -1.07. The number of rotatable bonds is 3. The molecule has 2 aliphatic heterocycles. The monoisotopic (exact) mass is 476 g/mol. The van der Waals surface area contributed by atoms with Crippen molar-refractivity contribution in [2.24, 2.45) is 11.8 Å². The van der Waals surface area contributed by atoms with E-state index >= 15 is 0 Å². The number of Topliss-reactive ketones (excluding diaryl/α,β-unsaturated/α-hetero) is 1. The first kappa shape index (κ1) is 22.9. The SMILES string of the molecule is Cc1cc2nc3n(c2cc1C)C(NC(=O)C1CCN(C(=O)C2CCCC2)C1)(C(F)(F)F)C(=O)C3. The summed E-state index contributed by atoms with van der Waals surface area (Å²) in [6.07, 6.45) is -1.73. The van der Waals surface area contributed by atoms with E-state index in [0.29, 0.717) is 12.1 Å². The number of imidazole rings is 1. The standard InChI is InChI=1S/C24H27F3N4O3/c1-13-9-17-18(10-14(13)2)31-20(28-17)11-19(32)23(31,24(25,26)27)29-21(33)16-7-8-30(12-16)22(34)15-5-3-4-6-15/h9-10,15-16H,3-8,11-12H2,1-2H3,(H,29,33). The van der Waals surface area contributed by atoms with E-state index in [1.54, 1.807) is 24.0 Å². The molecule has 1 N–H and O–H groups in total. The highest BCUT2D eigenvalue weighted by Crippen LogP contribution is 2.44. The van der Waals surface area contributed by atoms with Crippen LogP contribution in [-0.4, -0.2) is 51.3 Å². The summed E-state index contributed by atoms with van der Waals surface area (Å²) in [4.78, 5) is 44.6. The number of carbonyl (C=O) groups excluding carboxylic acids is 3. The third-order valence-electron chi connectivity index (χ3n) is 7.69. The highest BCUT2D eigenvalue weighted by molar-refractivity contribution is 5.98. The van der Waals surface area contributed by atoms with Gasteiger partial charge in [0.05, 0.1) is 23.4 Å². The molecule has 2 atom stereocenters. The largest absolute Gasteiger partial charge is 0.438 e. The van der Waals surface area contributed by atoms with Crippen LogP contribution in [-0.2, 0) is 26.5 Å². The summed E-state index contributed by atoms with van der Waals surface area (Å²) in [5.74, 6) is -2.94. The van der Waals surface area contributed by atoms with Crippen LogP contribution in [0, 0.1) is 25.7 Å². The van der Waals surface area contributed by atoms with Crippen LogP contribution < -0.4 is 5.32 Å². The molecular formula is C24H27F3N4O3. The maximum absolute atomic E-state index is 14.6. The van der Waals surface area contributed by atoms with Gasteiger partial charge in [0.1, 0.15) is 5.82 Å². The van der Waals surface area contributed by atoms with E-state index < -0.39 is 35.9 Å². The lowest BCUT2D eigenvalue weighted by molar-refractivity contribution is -0.219. The van der Waals surface area contributed by atoms with E-state index in [1.165, 1.54) is 0 Å². The predicted octanol–water partition coefficient (Wildman–Crippen LogP) is 3.15. The molecule has 34 heavy (non-hydrogen) atoms. The van der Waals surface area contributed by atoms with Crippen LogP contribution in [0.1, 0.15) is 49.1 Å². The van der Waals surface area contributed by atoms with Gasteiger partial charge < -0.3 is 10.2 Å². The van der Waals surface area contributed by atoms with Gasteiger partial charge in [0.15, 0.2) is 5.78 Å². The van der Waals surface area contributed by atoms with Crippen molar-refractivity contribution in [1.29, 1.82) is 0 Å². The molecule has 182 valence electrons. The van der Waals surface area contributed by atoms with Crippen molar-refractivity contribution < 1.29 is 27.6 Å². The van der Waals surface area contributed by atoms with Crippen molar-refractivity contribution in [3.63, 3.8) is 0 Å². The van der Waals surface area contributed by atoms with Crippen molar-refractivity contribution in [3.05, 3.63) is 29.1 Å². The molecule has 10 heteroatoms. The van der Waals surface area contributed by atoms with E-state index in [9.17, 15) is 27.6 Å². The Morgan fingerprint density at radius 1 is 1.09 bits per heavy atom. The Hall–Kier alpha value is -2.91. The molecule has 1 saturated carbocycles. The van der Waals surface area contributed by atoms with Gasteiger partial charge in [-0.25, -0.2) is 4.98 Å². The van der Waals surface area contributed by atoms with E-state index in [1.807, 2.05) is 6.92 Å². The van der Waals surface area contributed by atoms with E-state index in [-0.39, 0.29) is 36.1 Å². The zero-order valence-corrected chi connectivity index (χ0v) is 19.2. The van der Waals surface area contributed by atoms with Crippen molar-refractivity contribution in [3.8, 4) is 0 Å². The number of hydrogen-bond acceptors (Lipinski definition) is 4. The van der Waals surface area contributed by atoms with Gasteiger partial charge in [0.2, 0.25) is 11.8 Å². The number of benzene rings is 1. The number of nitrogens with one attached hydrogen (secondary N) is 1. The van der Waals surface area contributed by atoms with Crippen molar-refractivity contribution in [2.75, 3.05) is 13.1 Å². The summed E-state index contributed by atoms with van der Waals surface area (Å²) < 4.78 is 44.8. The van der Waals surface area contributed by atoms with Crippen LogP contribution >= 0.6 is 0 Å². The first-order valence-corrected chi connectivity index (χ1v) is 11.7. The summed E-state index contributed by atoms with van der Waals surface area (Å²) in [6, 6.07) is 3.26. The van der Waals surface area contributed by atoms with Crippen molar-refractivity contribution in [2.45, 2.75) is 64.2 Å². The summed E-state index contributed by atoms with van der Waals surface area (Å²) >= 11 is 0. The van der Waals surface area contributed by atoms with Crippen molar-refractivity contribution >= 4 is 28.6 Å². The molecule has 5 rings (SSSR count). The third kappa shape index (κ3) is 3.32. The highest BCUT2D eigenvalue weighted by Gasteiger charge is 2.67. The molecule has 1 aromatic heterocycles. The minimum absolute atomic E-state index is 0.0212. The van der Waals surface area contributed by atoms with E-state index in [2.05, 4.69) is 10.3 Å². The number of alkyl halides is 3. The molecule has 3 aliphatic rings. The molecule has 2 unspecified atom stereocenters. The lowest BCUT2D eigenvalue weighted by atomic mass is 10.0. The van der Waals surface area contributed by atoms with Gasteiger partial charge in [-0.3, -0.25) is 19.0 Å². The molecule has 1 saturated heterocycles. The molecular weight excluding hydrogens is 449 g/mol. The van der Waals surface area contributed by atoms with Gasteiger partial charge in [-0.2, -0.15) is 13.2 Å². The fourth-order valence-corrected chi connectivity index (χ4v) is 5.64. The molecule has 1 aromatic carbocycles. The zero-order chi connectivity index (χ0) is 24.4.